The maximum absolute atomic E-state index is 11.9. The predicted molar refractivity (Wildman–Crippen MR) is 116 cm³/mol. The molecule has 2 aliphatic heterocycles. The van der Waals surface area contributed by atoms with Gasteiger partial charge in [-0.25, -0.2) is 8.42 Å². The second-order valence-corrected chi connectivity index (χ2v) is 10.4. The van der Waals surface area contributed by atoms with Crippen molar-refractivity contribution in [3.8, 4) is 11.8 Å². The van der Waals surface area contributed by atoms with E-state index < -0.39 is 9.84 Å². The lowest BCUT2D eigenvalue weighted by Gasteiger charge is -2.25. The Morgan fingerprint density at radius 2 is 1.90 bits per heavy atom. The third kappa shape index (κ3) is 4.41. The van der Waals surface area contributed by atoms with Crippen LogP contribution in [0.15, 0.2) is 53.5 Å². The van der Waals surface area contributed by atoms with Gasteiger partial charge in [-0.3, -0.25) is 4.99 Å². The molecule has 1 saturated heterocycles. The van der Waals surface area contributed by atoms with E-state index in [0.29, 0.717) is 18.7 Å². The molecule has 0 saturated carbocycles. The second-order valence-electron chi connectivity index (χ2n) is 7.03. The quantitative estimate of drug-likeness (QED) is 0.729. The van der Waals surface area contributed by atoms with Crippen LogP contribution < -0.4 is 9.64 Å². The number of nitriles is 1. The number of nitrogens with zero attached hydrogens (tertiary/aromatic N) is 3. The van der Waals surface area contributed by atoms with Gasteiger partial charge in [0, 0.05) is 10.9 Å². The summed E-state index contributed by atoms with van der Waals surface area (Å²) in [5, 5.41) is 9.84. The van der Waals surface area contributed by atoms with Gasteiger partial charge in [-0.05, 0) is 48.9 Å². The van der Waals surface area contributed by atoms with E-state index in [4.69, 9.17) is 15.0 Å². The number of benzene rings is 2. The minimum absolute atomic E-state index is 0.0128. The van der Waals surface area contributed by atoms with E-state index in [1.165, 1.54) is 0 Å². The fourth-order valence-electron chi connectivity index (χ4n) is 3.50. The van der Waals surface area contributed by atoms with E-state index >= 15 is 0 Å². The molecule has 2 heterocycles. The molecule has 0 unspecified atom stereocenters. The number of aliphatic imine (C=N–C) groups is 1. The van der Waals surface area contributed by atoms with Crippen molar-refractivity contribution in [1.82, 2.24) is 0 Å². The number of anilines is 1. The van der Waals surface area contributed by atoms with Crippen LogP contribution in [0.2, 0.25) is 0 Å². The van der Waals surface area contributed by atoms with Crippen LogP contribution in [0.25, 0.3) is 0 Å². The molecule has 0 radical (unpaired) electrons. The Balaban J connectivity index is 1.63. The van der Waals surface area contributed by atoms with Crippen molar-refractivity contribution in [3.05, 3.63) is 59.7 Å². The number of rotatable bonds is 5. The minimum atomic E-state index is -2.99. The second kappa shape index (κ2) is 8.09. The molecule has 0 aromatic heterocycles. The number of amidine groups is 1. The average Bonchev–Trinajstić information content (AvgIpc) is 3.21. The summed E-state index contributed by atoms with van der Waals surface area (Å²) < 4.78 is 29.4. The summed E-state index contributed by atoms with van der Waals surface area (Å²) in [6, 6.07) is 17.3. The SMILES string of the molecule is CCOc1ccc(N(Cc2ccc(C#N)cc2)C2=N[C@@H]3CS(=O)(=O)C[C@@H]3S2)cc1. The average molecular weight is 428 g/mol. The topological polar surface area (TPSA) is 82.8 Å². The van der Waals surface area contributed by atoms with Crippen LogP contribution in [-0.2, 0) is 16.4 Å². The molecular weight excluding hydrogens is 406 g/mol. The first kappa shape index (κ1) is 19.8. The molecule has 8 heteroatoms. The van der Waals surface area contributed by atoms with Gasteiger partial charge in [0.2, 0.25) is 0 Å². The minimum Gasteiger partial charge on any atom is -0.494 e. The molecular formula is C21H21N3O3S2. The molecule has 0 amide bonds. The molecule has 1 fully saturated rings. The molecule has 0 bridgehead atoms. The van der Waals surface area contributed by atoms with Crippen molar-refractivity contribution >= 4 is 32.5 Å². The number of ether oxygens (including phenoxy) is 1. The predicted octanol–water partition coefficient (Wildman–Crippen LogP) is 3.23. The van der Waals surface area contributed by atoms with Crippen LogP contribution in [-0.4, -0.2) is 43.0 Å². The highest BCUT2D eigenvalue weighted by Crippen LogP contribution is 2.37. The zero-order valence-corrected chi connectivity index (χ0v) is 17.6. The summed E-state index contributed by atoms with van der Waals surface area (Å²) in [6.07, 6.45) is 0. The highest BCUT2D eigenvalue weighted by atomic mass is 32.2. The standard InChI is InChI=1S/C21H21N3O3S2/c1-2-27-18-9-7-17(8-10-18)24(12-16-5-3-15(11-22)4-6-16)21-23-19-13-29(25,26)14-20(19)28-21/h3-10,19-20H,2,12-14H2,1H3/t19-,20+/m1/s1. The van der Waals surface area contributed by atoms with Gasteiger partial charge in [-0.1, -0.05) is 23.9 Å². The first-order valence-corrected chi connectivity index (χ1v) is 12.1. The number of hydrogen-bond acceptors (Lipinski definition) is 7. The Bertz CT molecular complexity index is 1060. The smallest absolute Gasteiger partial charge is 0.164 e. The molecule has 4 rings (SSSR count). The van der Waals surface area contributed by atoms with Crippen molar-refractivity contribution in [3.63, 3.8) is 0 Å². The molecule has 6 nitrogen and oxygen atoms in total. The van der Waals surface area contributed by atoms with E-state index in [1.54, 1.807) is 23.9 Å². The first-order chi connectivity index (χ1) is 14.0. The maximum atomic E-state index is 11.9. The van der Waals surface area contributed by atoms with Gasteiger partial charge in [-0.2, -0.15) is 5.26 Å². The normalized spacial score (nSPS) is 21.9. The summed E-state index contributed by atoms with van der Waals surface area (Å²) in [6.45, 7) is 3.13. The fraction of sp³-hybridized carbons (Fsp3) is 0.333. The Labute approximate surface area is 175 Å². The summed E-state index contributed by atoms with van der Waals surface area (Å²) >= 11 is 1.54. The van der Waals surface area contributed by atoms with Crippen LogP contribution in [0.3, 0.4) is 0 Å². The molecule has 0 N–H and O–H groups in total. The summed E-state index contributed by atoms with van der Waals surface area (Å²) in [5.41, 5.74) is 2.63. The van der Waals surface area contributed by atoms with Crippen LogP contribution in [0.5, 0.6) is 5.75 Å². The molecule has 2 aromatic carbocycles. The largest absolute Gasteiger partial charge is 0.494 e. The van der Waals surface area contributed by atoms with Crippen molar-refractivity contribution in [2.45, 2.75) is 24.8 Å². The van der Waals surface area contributed by atoms with E-state index in [9.17, 15) is 8.42 Å². The first-order valence-electron chi connectivity index (χ1n) is 9.42. The zero-order chi connectivity index (χ0) is 20.4. The Morgan fingerprint density at radius 1 is 1.17 bits per heavy atom. The highest BCUT2D eigenvalue weighted by Gasteiger charge is 2.44. The lowest BCUT2D eigenvalue weighted by atomic mass is 10.1. The summed E-state index contributed by atoms with van der Waals surface area (Å²) in [7, 11) is -2.99. The van der Waals surface area contributed by atoms with Crippen LogP contribution in [0.1, 0.15) is 18.1 Å². The van der Waals surface area contributed by atoms with E-state index in [2.05, 4.69) is 11.0 Å². The van der Waals surface area contributed by atoms with Crippen LogP contribution in [0.4, 0.5) is 5.69 Å². The van der Waals surface area contributed by atoms with Gasteiger partial charge in [0.15, 0.2) is 15.0 Å². The van der Waals surface area contributed by atoms with Gasteiger partial charge in [-0.15, -0.1) is 0 Å². The van der Waals surface area contributed by atoms with E-state index in [-0.39, 0.29) is 22.8 Å². The monoisotopic (exact) mass is 427 g/mol. The van der Waals surface area contributed by atoms with Crippen molar-refractivity contribution in [2.75, 3.05) is 23.0 Å². The highest BCUT2D eigenvalue weighted by molar-refractivity contribution is 8.15. The van der Waals surface area contributed by atoms with Gasteiger partial charge in [0.05, 0.1) is 42.3 Å². The fourth-order valence-corrected chi connectivity index (χ4v) is 7.28. The van der Waals surface area contributed by atoms with Crippen molar-refractivity contribution in [2.24, 2.45) is 4.99 Å². The van der Waals surface area contributed by atoms with E-state index in [0.717, 1.165) is 22.2 Å². The third-order valence-corrected chi connectivity index (χ3v) is 8.17. The van der Waals surface area contributed by atoms with Crippen LogP contribution >= 0.6 is 11.8 Å². The zero-order valence-electron chi connectivity index (χ0n) is 16.0. The molecule has 0 spiro atoms. The lowest BCUT2D eigenvalue weighted by molar-refractivity contribution is 0.340. The lowest BCUT2D eigenvalue weighted by Crippen LogP contribution is -2.28. The van der Waals surface area contributed by atoms with Crippen molar-refractivity contribution < 1.29 is 13.2 Å². The van der Waals surface area contributed by atoms with Gasteiger partial charge >= 0.3 is 0 Å². The van der Waals surface area contributed by atoms with E-state index in [1.807, 2.05) is 43.3 Å². The molecule has 29 heavy (non-hydrogen) atoms. The maximum Gasteiger partial charge on any atom is 0.164 e. The molecule has 0 aliphatic carbocycles. The molecule has 2 atom stereocenters. The van der Waals surface area contributed by atoms with Gasteiger partial charge < -0.3 is 9.64 Å². The summed E-state index contributed by atoms with van der Waals surface area (Å²) in [5.74, 6) is 1.12. The third-order valence-electron chi connectivity index (χ3n) is 4.92. The molecule has 2 aliphatic rings. The molecule has 2 aromatic rings. The number of hydrogen-bond donors (Lipinski definition) is 0. The number of fused-ring (bicyclic) bond motifs is 1. The van der Waals surface area contributed by atoms with Crippen molar-refractivity contribution in [1.29, 1.82) is 5.26 Å². The Kier molecular flexibility index (Phi) is 5.52. The number of thioether (sulfide) groups is 1. The number of sulfone groups is 1. The molecule has 150 valence electrons. The van der Waals surface area contributed by atoms with Gasteiger partial charge in [0.25, 0.3) is 0 Å². The Morgan fingerprint density at radius 3 is 2.52 bits per heavy atom. The summed E-state index contributed by atoms with van der Waals surface area (Å²) in [4.78, 5) is 6.86. The van der Waals surface area contributed by atoms with Gasteiger partial charge in [0.1, 0.15) is 5.75 Å². The van der Waals surface area contributed by atoms with Crippen LogP contribution in [0, 0.1) is 11.3 Å². The Hall–Kier alpha value is -2.50.